The van der Waals surface area contributed by atoms with Crippen molar-refractivity contribution < 1.29 is 17.7 Å². The van der Waals surface area contributed by atoms with Crippen molar-refractivity contribution in [2.45, 2.75) is 31.9 Å². The summed E-state index contributed by atoms with van der Waals surface area (Å²) in [6, 6.07) is 4.98. The van der Waals surface area contributed by atoms with Crippen LogP contribution in [0.5, 0.6) is 0 Å². The van der Waals surface area contributed by atoms with Gasteiger partial charge in [-0.1, -0.05) is 17.3 Å². The van der Waals surface area contributed by atoms with Crippen LogP contribution in [0.2, 0.25) is 0 Å². The van der Waals surface area contributed by atoms with Crippen LogP contribution < -0.4 is 5.32 Å². The van der Waals surface area contributed by atoms with Gasteiger partial charge in [-0.2, -0.15) is 18.2 Å². The maximum absolute atomic E-state index is 12.8. The van der Waals surface area contributed by atoms with Crippen molar-refractivity contribution in [2.24, 2.45) is 5.92 Å². The number of nitrogens with one attached hydrogen (secondary N) is 1. The summed E-state index contributed by atoms with van der Waals surface area (Å²) in [5, 5.41) is 7.17. The van der Waals surface area contributed by atoms with Crippen molar-refractivity contribution in [3.05, 3.63) is 35.7 Å². The molecule has 0 amide bonds. The van der Waals surface area contributed by atoms with Crippen molar-refractivity contribution in [2.75, 3.05) is 13.1 Å². The fraction of sp³-hybridized carbons (Fsp3) is 0.500. The molecule has 23 heavy (non-hydrogen) atoms. The van der Waals surface area contributed by atoms with E-state index in [-0.39, 0.29) is 5.82 Å². The van der Waals surface area contributed by atoms with Crippen LogP contribution in [0, 0.1) is 5.92 Å². The molecule has 4 nitrogen and oxygen atoms in total. The van der Waals surface area contributed by atoms with Gasteiger partial charge in [0.05, 0.1) is 5.56 Å². The molecule has 1 aliphatic heterocycles. The Hall–Kier alpha value is -1.89. The minimum Gasteiger partial charge on any atom is -0.339 e. The fourth-order valence-electron chi connectivity index (χ4n) is 2.83. The Labute approximate surface area is 132 Å². The molecule has 124 valence electrons. The highest BCUT2D eigenvalue weighted by Crippen LogP contribution is 2.31. The molecule has 1 aromatic heterocycles. The van der Waals surface area contributed by atoms with Crippen LogP contribution >= 0.6 is 0 Å². The van der Waals surface area contributed by atoms with Crippen LogP contribution in [0.15, 0.2) is 28.8 Å². The Morgan fingerprint density at radius 1 is 1.22 bits per heavy atom. The summed E-state index contributed by atoms with van der Waals surface area (Å²) in [5.41, 5.74) is -0.395. The zero-order valence-corrected chi connectivity index (χ0v) is 12.6. The summed E-state index contributed by atoms with van der Waals surface area (Å²) < 4.78 is 43.5. The molecule has 1 saturated heterocycles. The summed E-state index contributed by atoms with van der Waals surface area (Å²) in [7, 11) is 0. The molecule has 0 bridgehead atoms. The molecular weight excluding hydrogens is 307 g/mol. The molecule has 1 N–H and O–H groups in total. The standard InChI is InChI=1S/C16H18F3N3O/c17-16(18,19)13-5-1-4-12(10-13)15-21-14(23-22-15)9-11-3-2-7-20-8-6-11/h1,4-5,10-11,20H,2-3,6-9H2. The fourth-order valence-corrected chi connectivity index (χ4v) is 2.83. The summed E-state index contributed by atoms with van der Waals surface area (Å²) in [5.74, 6) is 1.17. The van der Waals surface area contributed by atoms with Gasteiger partial charge in [-0.15, -0.1) is 0 Å². The molecule has 1 atom stereocenters. The Morgan fingerprint density at radius 2 is 2.09 bits per heavy atom. The van der Waals surface area contributed by atoms with E-state index in [1.165, 1.54) is 6.07 Å². The predicted octanol–water partition coefficient (Wildman–Crippen LogP) is 3.69. The van der Waals surface area contributed by atoms with Gasteiger partial charge in [0.15, 0.2) is 0 Å². The van der Waals surface area contributed by atoms with Gasteiger partial charge in [0.2, 0.25) is 11.7 Å². The monoisotopic (exact) mass is 325 g/mol. The molecular formula is C16H18F3N3O. The van der Waals surface area contributed by atoms with Gasteiger partial charge >= 0.3 is 6.18 Å². The molecule has 0 radical (unpaired) electrons. The van der Waals surface area contributed by atoms with E-state index in [9.17, 15) is 13.2 Å². The van der Waals surface area contributed by atoms with Gasteiger partial charge in [0.1, 0.15) is 0 Å². The lowest BCUT2D eigenvalue weighted by molar-refractivity contribution is -0.137. The van der Waals surface area contributed by atoms with Gasteiger partial charge in [-0.3, -0.25) is 0 Å². The van der Waals surface area contributed by atoms with Crippen LogP contribution in [-0.2, 0) is 12.6 Å². The molecule has 7 heteroatoms. The van der Waals surface area contributed by atoms with Crippen molar-refractivity contribution >= 4 is 0 Å². The number of rotatable bonds is 3. The molecule has 0 aliphatic carbocycles. The first-order valence-corrected chi connectivity index (χ1v) is 7.73. The van der Waals surface area contributed by atoms with Gasteiger partial charge in [0.25, 0.3) is 0 Å². The van der Waals surface area contributed by atoms with Crippen LogP contribution in [0.25, 0.3) is 11.4 Å². The van der Waals surface area contributed by atoms with E-state index in [1.54, 1.807) is 6.07 Å². The van der Waals surface area contributed by atoms with Crippen molar-refractivity contribution in [3.63, 3.8) is 0 Å². The van der Waals surface area contributed by atoms with Crippen molar-refractivity contribution in [1.29, 1.82) is 0 Å². The van der Waals surface area contributed by atoms with Crippen LogP contribution in [0.1, 0.15) is 30.7 Å². The van der Waals surface area contributed by atoms with Gasteiger partial charge < -0.3 is 9.84 Å². The predicted molar refractivity (Wildman–Crippen MR) is 78.7 cm³/mol. The third-order valence-electron chi connectivity index (χ3n) is 4.07. The number of hydrogen-bond acceptors (Lipinski definition) is 4. The first kappa shape index (κ1) is 16.0. The molecule has 1 aliphatic rings. The van der Waals surface area contributed by atoms with Crippen LogP contribution in [0.3, 0.4) is 0 Å². The third kappa shape index (κ3) is 4.10. The van der Waals surface area contributed by atoms with E-state index in [0.29, 0.717) is 23.8 Å². The van der Waals surface area contributed by atoms with E-state index >= 15 is 0 Å². The van der Waals surface area contributed by atoms with E-state index in [1.807, 2.05) is 0 Å². The normalized spacial score (nSPS) is 19.5. The van der Waals surface area contributed by atoms with E-state index in [2.05, 4.69) is 15.5 Å². The molecule has 3 rings (SSSR count). The lowest BCUT2D eigenvalue weighted by Crippen LogP contribution is -2.14. The number of alkyl halides is 3. The first-order chi connectivity index (χ1) is 11.0. The molecule has 2 aromatic rings. The smallest absolute Gasteiger partial charge is 0.339 e. The molecule has 0 spiro atoms. The van der Waals surface area contributed by atoms with E-state index < -0.39 is 11.7 Å². The van der Waals surface area contributed by atoms with Gasteiger partial charge in [-0.05, 0) is 50.4 Å². The highest BCUT2D eigenvalue weighted by Gasteiger charge is 2.30. The van der Waals surface area contributed by atoms with Gasteiger partial charge in [-0.25, -0.2) is 0 Å². The summed E-state index contributed by atoms with van der Waals surface area (Å²) >= 11 is 0. The Morgan fingerprint density at radius 3 is 2.91 bits per heavy atom. The highest BCUT2D eigenvalue weighted by molar-refractivity contribution is 5.55. The maximum atomic E-state index is 12.8. The highest BCUT2D eigenvalue weighted by atomic mass is 19.4. The SMILES string of the molecule is FC(F)(F)c1cccc(-c2noc(CC3CCCNCC3)n2)c1. The number of hydrogen-bond donors (Lipinski definition) is 1. The second kappa shape index (κ2) is 6.70. The molecule has 1 aromatic carbocycles. The largest absolute Gasteiger partial charge is 0.416 e. The molecule has 0 saturated carbocycles. The topological polar surface area (TPSA) is 51.0 Å². The lowest BCUT2D eigenvalue weighted by Gasteiger charge is -2.09. The number of halogens is 3. The summed E-state index contributed by atoms with van der Waals surface area (Å²) in [6.07, 6.45) is -0.460. The first-order valence-electron chi connectivity index (χ1n) is 7.73. The lowest BCUT2D eigenvalue weighted by atomic mass is 9.97. The third-order valence-corrected chi connectivity index (χ3v) is 4.07. The van der Waals surface area contributed by atoms with Crippen molar-refractivity contribution in [3.8, 4) is 11.4 Å². The molecule has 2 heterocycles. The van der Waals surface area contributed by atoms with E-state index in [4.69, 9.17) is 4.52 Å². The molecule has 1 fully saturated rings. The average molecular weight is 325 g/mol. The minimum absolute atomic E-state index is 0.206. The Bertz CT molecular complexity index is 646. The zero-order chi connectivity index (χ0) is 16.3. The number of nitrogens with zero attached hydrogens (tertiary/aromatic N) is 2. The van der Waals surface area contributed by atoms with Crippen molar-refractivity contribution in [1.82, 2.24) is 15.5 Å². The zero-order valence-electron chi connectivity index (χ0n) is 12.6. The maximum Gasteiger partial charge on any atom is 0.416 e. The van der Waals surface area contributed by atoms with E-state index in [0.717, 1.165) is 44.5 Å². The molecule has 1 unspecified atom stereocenters. The number of aromatic nitrogens is 2. The minimum atomic E-state index is -4.38. The second-order valence-electron chi connectivity index (χ2n) is 5.84. The number of benzene rings is 1. The van der Waals surface area contributed by atoms with Crippen LogP contribution in [-0.4, -0.2) is 23.2 Å². The second-order valence-corrected chi connectivity index (χ2v) is 5.84. The Balaban J connectivity index is 1.74. The van der Waals surface area contributed by atoms with Gasteiger partial charge in [0, 0.05) is 12.0 Å². The van der Waals surface area contributed by atoms with Crippen LogP contribution in [0.4, 0.5) is 13.2 Å². The summed E-state index contributed by atoms with van der Waals surface area (Å²) in [4.78, 5) is 4.26. The summed E-state index contributed by atoms with van der Waals surface area (Å²) in [6.45, 7) is 2.00. The average Bonchev–Trinajstić information content (AvgIpc) is 2.83. The Kier molecular flexibility index (Phi) is 4.66. The quantitative estimate of drug-likeness (QED) is 0.935.